The Balaban J connectivity index is -0.000000107. The van der Waals surface area contributed by atoms with Crippen molar-refractivity contribution in [3.05, 3.63) is 0 Å². The molecular formula is C12H22N2O4S2. The molecule has 0 heterocycles. The summed E-state index contributed by atoms with van der Waals surface area (Å²) in [4.78, 5) is 24.7. The van der Waals surface area contributed by atoms with Crippen molar-refractivity contribution < 1.29 is 20.9 Å². The highest BCUT2D eigenvalue weighted by Crippen LogP contribution is 2.02. The lowest BCUT2D eigenvalue weighted by Crippen LogP contribution is -2.10. The van der Waals surface area contributed by atoms with Gasteiger partial charge >= 0.3 is 11.9 Å². The van der Waals surface area contributed by atoms with Gasteiger partial charge in [-0.3, -0.25) is 4.79 Å². The number of carboxylic acids is 1. The summed E-state index contributed by atoms with van der Waals surface area (Å²) in [7, 11) is 0. The second kappa shape index (κ2) is 22.7. The van der Waals surface area contributed by atoms with Crippen molar-refractivity contribution in [1.29, 1.82) is 4.78 Å². The molecule has 116 valence electrons. The number of hydrogen-bond acceptors (Lipinski definition) is 7. The molecule has 0 aliphatic rings. The first kappa shape index (κ1) is 23.6. The fourth-order valence-corrected chi connectivity index (χ4v) is 0.541. The maximum Gasteiger partial charge on any atom is 0.338 e. The van der Waals surface area contributed by atoms with Crippen molar-refractivity contribution in [2.24, 2.45) is 16.4 Å². The molecule has 0 spiro atoms. The number of aliphatic carboxylic acids is 1. The minimum atomic E-state index is -0.706. The monoisotopic (exact) mass is 323 g/mol. The van der Waals surface area contributed by atoms with Crippen molar-refractivity contribution in [3.63, 3.8) is 0 Å². The van der Waals surface area contributed by atoms with Crippen LogP contribution in [0.3, 0.4) is 0 Å². The van der Waals surface area contributed by atoms with Crippen molar-refractivity contribution in [2.45, 2.75) is 40.5 Å². The van der Waals surface area contributed by atoms with Crippen molar-refractivity contribution >= 4 is 36.8 Å². The van der Waals surface area contributed by atoms with E-state index in [4.69, 9.17) is 11.3 Å². The van der Waals surface area contributed by atoms with Crippen LogP contribution in [0.4, 0.5) is 0 Å². The molecule has 0 aromatic carbocycles. The SMILES string of the molecule is CCC(C)C(=O)O.CCC(C)C(=O)ON=S.N=S.[2H]C#C. The third kappa shape index (κ3) is 21.8. The molecule has 0 fully saturated rings. The zero-order chi connectivity index (χ0) is 17.8. The quantitative estimate of drug-likeness (QED) is 0.596. The van der Waals surface area contributed by atoms with Crippen LogP contribution in [0.1, 0.15) is 41.9 Å². The van der Waals surface area contributed by atoms with Crippen molar-refractivity contribution in [2.75, 3.05) is 0 Å². The van der Waals surface area contributed by atoms with E-state index in [0.717, 1.165) is 12.8 Å². The van der Waals surface area contributed by atoms with Gasteiger partial charge in [-0.15, -0.1) is 12.8 Å². The number of nitrogens with one attached hydrogen (secondary N) is 1. The van der Waals surface area contributed by atoms with Crippen LogP contribution in [0.2, 0.25) is 0 Å². The van der Waals surface area contributed by atoms with Gasteiger partial charge in [-0.2, -0.15) is 0 Å². The molecule has 0 rings (SSSR count). The molecule has 0 aliphatic carbocycles. The summed E-state index contributed by atoms with van der Waals surface area (Å²) < 4.78 is 13.9. The summed E-state index contributed by atoms with van der Waals surface area (Å²) in [5.41, 5.74) is 0. The first-order chi connectivity index (χ1) is 9.81. The van der Waals surface area contributed by atoms with Crippen molar-refractivity contribution in [3.8, 4) is 12.8 Å². The number of nitrogens with zero attached hydrogens (tertiary/aromatic N) is 1. The summed E-state index contributed by atoms with van der Waals surface area (Å²) in [6.07, 6.45) is 7.24. The Hall–Kier alpha value is -1.46. The maximum absolute atomic E-state index is 10.6. The van der Waals surface area contributed by atoms with Crippen LogP contribution < -0.4 is 0 Å². The normalized spacial score (nSPS) is 10.8. The number of carbonyl (C=O) groups excluding carboxylic acids is 1. The standard InChI is InChI=1S/C5H9NO2S.C5H10O2.C2H2.HNS/c1-3-4(2)5(7)8-6-9;1-3-4(2)5(6)7;2*1-2/h4H,3H2,1-2H3;4H,3H2,1-2H3,(H,6,7);1-2H;1H/i;;1D;. The molecule has 0 saturated heterocycles. The van der Waals surface area contributed by atoms with E-state index < -0.39 is 5.97 Å². The number of carbonyl (C=O) groups is 2. The lowest BCUT2D eigenvalue weighted by molar-refractivity contribution is -0.147. The minimum Gasteiger partial charge on any atom is -0.481 e. The summed E-state index contributed by atoms with van der Waals surface area (Å²) in [6.45, 7) is 7.22. The molecular weight excluding hydrogens is 300 g/mol. The van der Waals surface area contributed by atoms with E-state index in [1.807, 2.05) is 13.8 Å². The fraction of sp³-hybridized carbons (Fsp3) is 0.667. The predicted molar refractivity (Wildman–Crippen MR) is 82.4 cm³/mol. The number of carboxylic acid groups (broad SMARTS) is 1. The Bertz CT molecular complexity index is 325. The zero-order valence-corrected chi connectivity index (χ0v) is 13.7. The molecule has 0 radical (unpaired) electrons. The Kier molecular flexibility index (Phi) is 26.8. The Morgan fingerprint density at radius 2 is 1.70 bits per heavy atom. The van der Waals surface area contributed by atoms with Gasteiger partial charge in [0, 0.05) is 12.4 Å². The first-order valence-electron chi connectivity index (χ1n) is 6.16. The molecule has 0 aromatic rings. The topological polar surface area (TPSA) is 99.8 Å². The highest BCUT2D eigenvalue weighted by molar-refractivity contribution is 7.47. The van der Waals surface area contributed by atoms with E-state index in [9.17, 15) is 9.59 Å². The molecule has 2 unspecified atom stereocenters. The van der Waals surface area contributed by atoms with Crippen LogP contribution in [0, 0.1) is 29.4 Å². The molecule has 0 amide bonds. The Morgan fingerprint density at radius 1 is 1.35 bits per heavy atom. The largest absolute Gasteiger partial charge is 0.481 e. The number of terminal acetylenes is 1. The van der Waals surface area contributed by atoms with Gasteiger partial charge in [0.25, 0.3) is 0 Å². The first-order valence-corrected chi connectivity index (χ1v) is 6.43. The molecule has 2 N–H and O–H groups in total. The van der Waals surface area contributed by atoms with Crippen LogP contribution >= 0.6 is 0 Å². The van der Waals surface area contributed by atoms with Gasteiger partial charge in [-0.25, -0.2) is 9.57 Å². The van der Waals surface area contributed by atoms with Gasteiger partial charge in [-0.1, -0.05) is 27.7 Å². The van der Waals surface area contributed by atoms with Crippen LogP contribution in [0.15, 0.2) is 4.53 Å². The second-order valence-electron chi connectivity index (χ2n) is 3.44. The van der Waals surface area contributed by atoms with Crippen LogP contribution in [-0.2, 0) is 39.3 Å². The summed E-state index contributed by atoms with van der Waals surface area (Å²) in [6, 6.07) is 0. The summed E-state index contributed by atoms with van der Waals surface area (Å²) in [5, 5.41) is 8.18. The summed E-state index contributed by atoms with van der Waals surface area (Å²) >= 11 is 7.41. The smallest absolute Gasteiger partial charge is 0.338 e. The molecule has 0 saturated carbocycles. The lowest BCUT2D eigenvalue weighted by Gasteiger charge is -2.00. The predicted octanol–water partition coefficient (Wildman–Crippen LogP) is 2.88. The van der Waals surface area contributed by atoms with E-state index in [-0.39, 0.29) is 17.8 Å². The van der Waals surface area contributed by atoms with E-state index in [0.29, 0.717) is 0 Å². The third-order valence-electron chi connectivity index (χ3n) is 2.18. The van der Waals surface area contributed by atoms with E-state index >= 15 is 0 Å². The lowest BCUT2D eigenvalue weighted by atomic mass is 10.1. The average Bonchev–Trinajstić information content (AvgIpc) is 2.49. The highest BCUT2D eigenvalue weighted by Gasteiger charge is 2.11. The van der Waals surface area contributed by atoms with Gasteiger partial charge in [0.05, 0.1) is 24.3 Å². The third-order valence-corrected chi connectivity index (χ3v) is 2.25. The van der Waals surface area contributed by atoms with Crippen LogP contribution in [0.5, 0.6) is 0 Å². The van der Waals surface area contributed by atoms with Gasteiger partial charge < -0.3 is 9.94 Å². The molecule has 0 aromatic heterocycles. The van der Waals surface area contributed by atoms with Gasteiger partial charge in [0.2, 0.25) is 0 Å². The molecule has 0 bridgehead atoms. The van der Waals surface area contributed by atoms with Gasteiger partial charge in [-0.05, 0) is 17.4 Å². The van der Waals surface area contributed by atoms with E-state index in [2.05, 4.69) is 40.6 Å². The number of hydrogen-bond donors (Lipinski definition) is 2. The number of rotatable bonds is 5. The van der Waals surface area contributed by atoms with Crippen LogP contribution in [0.25, 0.3) is 0 Å². The molecule has 0 aliphatic heterocycles. The van der Waals surface area contributed by atoms with Crippen LogP contribution in [-0.4, -0.2) is 17.0 Å². The van der Waals surface area contributed by atoms with Gasteiger partial charge in [0.15, 0.2) is 0 Å². The Morgan fingerprint density at radius 3 is 1.85 bits per heavy atom. The fourth-order valence-electron chi connectivity index (χ4n) is 0.468. The molecule has 8 heteroatoms. The Labute approximate surface area is 132 Å². The molecule has 2 atom stereocenters. The molecule has 20 heavy (non-hydrogen) atoms. The maximum atomic E-state index is 10.6. The van der Waals surface area contributed by atoms with Gasteiger partial charge in [0.1, 0.15) is 1.37 Å². The zero-order valence-electron chi connectivity index (χ0n) is 13.1. The molecule has 6 nitrogen and oxygen atoms in total. The average molecular weight is 323 g/mol. The van der Waals surface area contributed by atoms with Crippen molar-refractivity contribution in [1.82, 2.24) is 0 Å². The highest BCUT2D eigenvalue weighted by atomic mass is 32.1. The van der Waals surface area contributed by atoms with E-state index in [1.54, 1.807) is 13.8 Å². The minimum absolute atomic E-state index is 0.100. The summed E-state index contributed by atoms with van der Waals surface area (Å²) in [5.74, 6) is -1.34. The van der Waals surface area contributed by atoms with E-state index in [1.165, 1.54) is 6.40 Å². The second-order valence-corrected chi connectivity index (χ2v) is 3.59.